The van der Waals surface area contributed by atoms with Gasteiger partial charge in [-0.2, -0.15) is 0 Å². The van der Waals surface area contributed by atoms with E-state index in [-0.39, 0.29) is 0 Å². The molecule has 1 aromatic rings. The maximum Gasteiger partial charge on any atom is 0.118 e. The topological polar surface area (TPSA) is 21.3 Å². The lowest BCUT2D eigenvalue weighted by atomic mass is 10.1. The second-order valence-electron chi connectivity index (χ2n) is 4.26. The molecule has 0 fully saturated rings. The van der Waals surface area contributed by atoms with Crippen LogP contribution in [0.4, 0.5) is 0 Å². The normalized spacial score (nSPS) is 12.9. The summed E-state index contributed by atoms with van der Waals surface area (Å²) in [5.74, 6) is 1.58. The van der Waals surface area contributed by atoms with Crippen LogP contribution in [0.1, 0.15) is 26.3 Å². The first-order valence-electron chi connectivity index (χ1n) is 5.49. The Morgan fingerprint density at radius 2 is 1.73 bits per heavy atom. The largest absolute Gasteiger partial charge is 0.497 e. The zero-order chi connectivity index (χ0) is 11.3. The number of benzene rings is 1. The fourth-order valence-electron chi connectivity index (χ4n) is 1.26. The average Bonchev–Trinajstić information content (AvgIpc) is 2.26. The Balaban J connectivity index is 2.44. The van der Waals surface area contributed by atoms with Crippen molar-refractivity contribution in [1.82, 2.24) is 5.32 Å². The summed E-state index contributed by atoms with van der Waals surface area (Å²) >= 11 is 0. The van der Waals surface area contributed by atoms with Crippen molar-refractivity contribution in [1.29, 1.82) is 0 Å². The van der Waals surface area contributed by atoms with Crippen molar-refractivity contribution in [3.05, 3.63) is 29.8 Å². The molecule has 1 atom stereocenters. The molecule has 1 N–H and O–H groups in total. The van der Waals surface area contributed by atoms with E-state index in [2.05, 4.69) is 38.2 Å². The molecule has 0 amide bonds. The summed E-state index contributed by atoms with van der Waals surface area (Å²) in [5.41, 5.74) is 1.29. The summed E-state index contributed by atoms with van der Waals surface area (Å²) in [5, 5.41) is 3.49. The van der Waals surface area contributed by atoms with Crippen LogP contribution in [-0.4, -0.2) is 13.2 Å². The predicted octanol–water partition coefficient (Wildman–Crippen LogP) is 2.83. The van der Waals surface area contributed by atoms with Crippen molar-refractivity contribution in [3.63, 3.8) is 0 Å². The lowest BCUT2D eigenvalue weighted by Gasteiger charge is -2.17. The number of hydrogen-bond acceptors (Lipinski definition) is 2. The van der Waals surface area contributed by atoms with Gasteiger partial charge in [-0.3, -0.25) is 0 Å². The quantitative estimate of drug-likeness (QED) is 0.801. The van der Waals surface area contributed by atoms with Gasteiger partial charge in [0.15, 0.2) is 0 Å². The molecular formula is C13H21NO. The van der Waals surface area contributed by atoms with Crippen molar-refractivity contribution in [2.45, 2.75) is 33.4 Å². The highest BCUT2D eigenvalue weighted by molar-refractivity contribution is 5.27. The smallest absolute Gasteiger partial charge is 0.118 e. The third-order valence-electron chi connectivity index (χ3n) is 2.79. The van der Waals surface area contributed by atoms with Gasteiger partial charge in [0.2, 0.25) is 0 Å². The van der Waals surface area contributed by atoms with Crippen molar-refractivity contribution >= 4 is 0 Å². The van der Waals surface area contributed by atoms with Crippen LogP contribution in [0, 0.1) is 5.92 Å². The molecule has 0 aromatic heterocycles. The first-order valence-corrected chi connectivity index (χ1v) is 5.49. The summed E-state index contributed by atoms with van der Waals surface area (Å²) in [7, 11) is 1.69. The summed E-state index contributed by atoms with van der Waals surface area (Å²) in [6, 6.07) is 8.73. The molecule has 0 radical (unpaired) electrons. The van der Waals surface area contributed by atoms with Crippen LogP contribution in [0.15, 0.2) is 24.3 Å². The Kier molecular flexibility index (Phi) is 4.63. The van der Waals surface area contributed by atoms with Gasteiger partial charge in [0.1, 0.15) is 5.75 Å². The van der Waals surface area contributed by atoms with E-state index >= 15 is 0 Å². The molecular weight excluding hydrogens is 186 g/mol. The van der Waals surface area contributed by atoms with Gasteiger partial charge >= 0.3 is 0 Å². The molecule has 0 unspecified atom stereocenters. The average molecular weight is 207 g/mol. The van der Waals surface area contributed by atoms with Crippen LogP contribution in [0.3, 0.4) is 0 Å². The number of rotatable bonds is 5. The molecule has 0 spiro atoms. The molecule has 0 aliphatic rings. The number of ether oxygens (including phenoxy) is 1. The van der Waals surface area contributed by atoms with Gasteiger partial charge in [-0.1, -0.05) is 26.0 Å². The Hall–Kier alpha value is -1.02. The predicted molar refractivity (Wildman–Crippen MR) is 64.1 cm³/mol. The van der Waals surface area contributed by atoms with Gasteiger partial charge in [-0.05, 0) is 30.5 Å². The molecule has 0 saturated heterocycles. The van der Waals surface area contributed by atoms with Crippen molar-refractivity contribution < 1.29 is 4.74 Å². The highest BCUT2D eigenvalue weighted by Gasteiger charge is 2.05. The maximum absolute atomic E-state index is 5.11. The van der Waals surface area contributed by atoms with E-state index in [1.807, 2.05) is 12.1 Å². The van der Waals surface area contributed by atoms with E-state index in [1.165, 1.54) is 5.56 Å². The van der Waals surface area contributed by atoms with E-state index in [9.17, 15) is 0 Å². The molecule has 2 nitrogen and oxygen atoms in total. The van der Waals surface area contributed by atoms with Gasteiger partial charge < -0.3 is 10.1 Å². The fourth-order valence-corrected chi connectivity index (χ4v) is 1.26. The van der Waals surface area contributed by atoms with E-state index in [4.69, 9.17) is 4.74 Å². The van der Waals surface area contributed by atoms with Crippen molar-refractivity contribution in [2.24, 2.45) is 5.92 Å². The minimum absolute atomic E-state index is 0.548. The minimum Gasteiger partial charge on any atom is -0.497 e. The second kappa shape index (κ2) is 5.76. The second-order valence-corrected chi connectivity index (χ2v) is 4.26. The van der Waals surface area contributed by atoms with Gasteiger partial charge in [0, 0.05) is 12.6 Å². The summed E-state index contributed by atoms with van der Waals surface area (Å²) in [6.07, 6.45) is 0. The summed E-state index contributed by atoms with van der Waals surface area (Å²) in [4.78, 5) is 0. The molecule has 0 aliphatic carbocycles. The monoisotopic (exact) mass is 207 g/mol. The van der Waals surface area contributed by atoms with E-state index in [0.29, 0.717) is 12.0 Å². The molecule has 84 valence electrons. The Morgan fingerprint density at radius 3 is 2.20 bits per heavy atom. The molecule has 2 heteroatoms. The van der Waals surface area contributed by atoms with Gasteiger partial charge in [0.25, 0.3) is 0 Å². The van der Waals surface area contributed by atoms with E-state index in [0.717, 1.165) is 12.3 Å². The zero-order valence-corrected chi connectivity index (χ0v) is 10.1. The number of nitrogens with one attached hydrogen (secondary N) is 1. The van der Waals surface area contributed by atoms with E-state index < -0.39 is 0 Å². The van der Waals surface area contributed by atoms with Crippen LogP contribution in [-0.2, 0) is 6.54 Å². The Morgan fingerprint density at radius 1 is 1.13 bits per heavy atom. The highest BCUT2D eigenvalue weighted by Crippen LogP contribution is 2.11. The lowest BCUT2D eigenvalue weighted by molar-refractivity contribution is 0.413. The van der Waals surface area contributed by atoms with Crippen molar-refractivity contribution in [3.8, 4) is 5.75 Å². The molecule has 1 aromatic carbocycles. The van der Waals surface area contributed by atoms with Crippen LogP contribution in [0.25, 0.3) is 0 Å². The van der Waals surface area contributed by atoms with Crippen LogP contribution in [0.2, 0.25) is 0 Å². The SMILES string of the molecule is COc1ccc(CN[C@@H](C)C(C)C)cc1. The standard InChI is InChI=1S/C13H21NO/c1-10(2)11(3)14-9-12-5-7-13(15-4)8-6-12/h5-8,10-11,14H,9H2,1-4H3/t11-/m0/s1. The third kappa shape index (κ3) is 3.92. The van der Waals surface area contributed by atoms with Crippen molar-refractivity contribution in [2.75, 3.05) is 7.11 Å². The van der Waals surface area contributed by atoms with Gasteiger partial charge in [0.05, 0.1) is 7.11 Å². The highest BCUT2D eigenvalue weighted by atomic mass is 16.5. The first kappa shape index (κ1) is 12.1. The molecule has 0 bridgehead atoms. The summed E-state index contributed by atoms with van der Waals surface area (Å²) < 4.78 is 5.11. The van der Waals surface area contributed by atoms with E-state index in [1.54, 1.807) is 7.11 Å². The Bertz CT molecular complexity index is 279. The molecule has 1 rings (SSSR count). The molecule has 15 heavy (non-hydrogen) atoms. The lowest BCUT2D eigenvalue weighted by Crippen LogP contribution is -2.30. The minimum atomic E-state index is 0.548. The van der Waals surface area contributed by atoms with Crippen LogP contribution < -0.4 is 10.1 Å². The molecule has 0 heterocycles. The molecule has 0 saturated carbocycles. The first-order chi connectivity index (χ1) is 7.13. The van der Waals surface area contributed by atoms with Crippen LogP contribution >= 0.6 is 0 Å². The van der Waals surface area contributed by atoms with Crippen LogP contribution in [0.5, 0.6) is 5.75 Å². The third-order valence-corrected chi connectivity index (χ3v) is 2.79. The zero-order valence-electron chi connectivity index (χ0n) is 10.1. The Labute approximate surface area is 92.6 Å². The van der Waals surface area contributed by atoms with Gasteiger partial charge in [-0.15, -0.1) is 0 Å². The number of hydrogen-bond donors (Lipinski definition) is 1. The van der Waals surface area contributed by atoms with Gasteiger partial charge in [-0.25, -0.2) is 0 Å². The summed E-state index contributed by atoms with van der Waals surface area (Å²) in [6.45, 7) is 7.59. The molecule has 0 aliphatic heterocycles. The fraction of sp³-hybridized carbons (Fsp3) is 0.538. The maximum atomic E-state index is 5.11. The number of methoxy groups -OCH3 is 1.